The van der Waals surface area contributed by atoms with Crippen LogP contribution in [0.25, 0.3) is 11.1 Å². The zero-order chi connectivity index (χ0) is 32.4. The molecule has 4 aromatic carbocycles. The van der Waals surface area contributed by atoms with E-state index in [4.69, 9.17) is 14.2 Å². The average Bonchev–Trinajstić information content (AvgIpc) is 3.56. The fourth-order valence-corrected chi connectivity index (χ4v) is 6.60. The zero-order valence-corrected chi connectivity index (χ0v) is 27.0. The van der Waals surface area contributed by atoms with Crippen molar-refractivity contribution in [3.8, 4) is 11.1 Å². The number of carbonyl (C=O) groups excluding carboxylic acids is 1. The first-order valence-corrected chi connectivity index (χ1v) is 16.6. The van der Waals surface area contributed by atoms with Crippen molar-refractivity contribution in [2.24, 2.45) is 0 Å². The van der Waals surface area contributed by atoms with E-state index in [0.717, 1.165) is 71.5 Å². The first-order valence-electron chi connectivity index (χ1n) is 16.6. The normalized spacial score (nSPS) is 21.4. The number of nitrogens with one attached hydrogen (secondary N) is 2. The van der Waals surface area contributed by atoms with Gasteiger partial charge < -0.3 is 30.0 Å². The van der Waals surface area contributed by atoms with Crippen molar-refractivity contribution in [3.63, 3.8) is 0 Å². The summed E-state index contributed by atoms with van der Waals surface area (Å²) in [6.07, 6.45) is 2.41. The molecule has 3 N–H and O–H groups in total. The molecule has 4 aromatic rings. The molecule has 4 unspecified atom stereocenters. The second kappa shape index (κ2) is 16.2. The summed E-state index contributed by atoms with van der Waals surface area (Å²) in [6.45, 7) is 3.51. The summed E-state index contributed by atoms with van der Waals surface area (Å²) in [7, 11) is 1.77. The molecule has 8 nitrogen and oxygen atoms in total. The summed E-state index contributed by atoms with van der Waals surface area (Å²) in [5.41, 5.74) is 7.12. The first-order chi connectivity index (χ1) is 23.1. The van der Waals surface area contributed by atoms with Crippen LogP contribution in [0.4, 0.5) is 4.79 Å². The number of carbonyl (C=O) groups is 1. The van der Waals surface area contributed by atoms with E-state index >= 15 is 0 Å². The molecule has 246 valence electrons. The Hall–Kier alpha value is -4.05. The molecule has 6 rings (SSSR count). The number of hydrogen-bond acceptors (Lipinski definition) is 6. The quantitative estimate of drug-likeness (QED) is 0.165. The van der Waals surface area contributed by atoms with Crippen LogP contribution in [0.2, 0.25) is 0 Å². The second-order valence-corrected chi connectivity index (χ2v) is 12.4. The monoisotopic (exact) mass is 635 g/mol. The molecular formula is C39H45N3O5. The number of amides is 2. The zero-order valence-electron chi connectivity index (χ0n) is 27.0. The highest BCUT2D eigenvalue weighted by Gasteiger charge is 2.35. The van der Waals surface area contributed by atoms with Gasteiger partial charge in [-0.15, -0.1) is 0 Å². The Kier molecular flexibility index (Phi) is 11.3. The topological polar surface area (TPSA) is 92.3 Å². The van der Waals surface area contributed by atoms with E-state index in [-0.39, 0.29) is 24.8 Å². The van der Waals surface area contributed by atoms with Crippen molar-refractivity contribution in [2.45, 2.75) is 63.5 Å². The Balaban J connectivity index is 1.15. The summed E-state index contributed by atoms with van der Waals surface area (Å²) >= 11 is 0. The minimum atomic E-state index is -0.515. The number of aliphatic hydroxyl groups is 1. The number of methoxy groups -OCH3 is 1. The fraction of sp³-hybridized carbons (Fsp3) is 0.359. The third kappa shape index (κ3) is 8.66. The van der Waals surface area contributed by atoms with Gasteiger partial charge in [-0.25, -0.2) is 4.79 Å². The Morgan fingerprint density at radius 1 is 0.851 bits per heavy atom. The highest BCUT2D eigenvalue weighted by molar-refractivity contribution is 5.75. The molecule has 47 heavy (non-hydrogen) atoms. The number of rotatable bonds is 12. The third-order valence-electron chi connectivity index (χ3n) is 9.16. The smallest absolute Gasteiger partial charge is 0.315 e. The van der Waals surface area contributed by atoms with Crippen LogP contribution >= 0.6 is 0 Å². The Morgan fingerprint density at radius 2 is 1.57 bits per heavy atom. The molecule has 2 amide bonds. The molecule has 0 radical (unpaired) electrons. The van der Waals surface area contributed by atoms with Gasteiger partial charge in [-0.1, -0.05) is 103 Å². The highest BCUT2D eigenvalue weighted by Crippen LogP contribution is 2.39. The van der Waals surface area contributed by atoms with Crippen LogP contribution < -0.4 is 10.6 Å². The van der Waals surface area contributed by atoms with Crippen molar-refractivity contribution in [1.82, 2.24) is 15.5 Å². The lowest BCUT2D eigenvalue weighted by Crippen LogP contribution is -2.42. The molecule has 4 atom stereocenters. The minimum Gasteiger partial charge on any atom is -0.392 e. The van der Waals surface area contributed by atoms with Crippen molar-refractivity contribution >= 4 is 6.03 Å². The summed E-state index contributed by atoms with van der Waals surface area (Å²) < 4.78 is 18.8. The molecule has 0 saturated carbocycles. The molecule has 0 bridgehead atoms. The molecule has 0 aromatic heterocycles. The second-order valence-electron chi connectivity index (χ2n) is 12.4. The molecule has 0 aliphatic carbocycles. The molecule has 2 fully saturated rings. The molecule has 2 aliphatic rings. The fourth-order valence-electron chi connectivity index (χ4n) is 6.60. The maximum atomic E-state index is 12.5. The van der Waals surface area contributed by atoms with Gasteiger partial charge in [0.15, 0.2) is 6.29 Å². The van der Waals surface area contributed by atoms with E-state index in [1.807, 2.05) is 60.7 Å². The van der Waals surface area contributed by atoms with E-state index in [0.29, 0.717) is 19.1 Å². The standard InChI is InChI=1S/C39H45N3O5/c1-45-27-34-11-7-21-42(34)25-35-22-37(31-15-13-29(26-43)14-16-31)47-38(46-35)32-19-17-30(18-20-32)36-12-6-5-10-33(36)24-41-39(44)40-23-28-8-3-2-4-9-28/h2-6,8-10,12-20,34-35,37-38,43H,7,11,21-27H2,1H3,(H2,40,41,44). The maximum absolute atomic E-state index is 12.5. The Morgan fingerprint density at radius 3 is 2.34 bits per heavy atom. The third-order valence-corrected chi connectivity index (χ3v) is 9.16. The van der Waals surface area contributed by atoms with Gasteiger partial charge in [0.25, 0.3) is 0 Å². The van der Waals surface area contributed by atoms with E-state index in [1.165, 1.54) is 6.42 Å². The van der Waals surface area contributed by atoms with Crippen LogP contribution in [0.15, 0.2) is 103 Å². The van der Waals surface area contributed by atoms with Gasteiger partial charge in [0, 0.05) is 44.8 Å². The molecule has 8 heteroatoms. The maximum Gasteiger partial charge on any atom is 0.315 e. The van der Waals surface area contributed by atoms with Crippen LogP contribution in [-0.2, 0) is 33.9 Å². The summed E-state index contributed by atoms with van der Waals surface area (Å²) in [4.78, 5) is 15.0. The Bertz CT molecular complexity index is 1560. The largest absolute Gasteiger partial charge is 0.392 e. The van der Waals surface area contributed by atoms with Crippen LogP contribution in [0.5, 0.6) is 0 Å². The van der Waals surface area contributed by atoms with E-state index in [9.17, 15) is 9.90 Å². The molecular weight excluding hydrogens is 590 g/mol. The van der Waals surface area contributed by atoms with Crippen molar-refractivity contribution in [1.29, 1.82) is 0 Å². The number of hydrogen-bond donors (Lipinski definition) is 3. The molecule has 2 aliphatic heterocycles. The number of aliphatic hydroxyl groups excluding tert-OH is 1. The molecule has 0 spiro atoms. The van der Waals surface area contributed by atoms with Crippen molar-refractivity contribution < 1.29 is 24.1 Å². The number of urea groups is 1. The average molecular weight is 636 g/mol. The van der Waals surface area contributed by atoms with Gasteiger partial charge in [0.05, 0.1) is 25.4 Å². The van der Waals surface area contributed by atoms with E-state index < -0.39 is 6.29 Å². The van der Waals surface area contributed by atoms with Gasteiger partial charge in [0.2, 0.25) is 0 Å². The van der Waals surface area contributed by atoms with Crippen LogP contribution in [0, 0.1) is 0 Å². The predicted molar refractivity (Wildman–Crippen MR) is 182 cm³/mol. The lowest BCUT2D eigenvalue weighted by atomic mass is 9.97. The summed E-state index contributed by atoms with van der Waals surface area (Å²) in [6, 6.07) is 34.6. The van der Waals surface area contributed by atoms with Crippen molar-refractivity contribution in [3.05, 3.63) is 131 Å². The van der Waals surface area contributed by atoms with Gasteiger partial charge in [-0.05, 0) is 52.8 Å². The number of benzene rings is 4. The highest BCUT2D eigenvalue weighted by atomic mass is 16.7. The summed E-state index contributed by atoms with van der Waals surface area (Å²) in [5.74, 6) is 0. The number of nitrogens with zero attached hydrogens (tertiary/aromatic N) is 1. The van der Waals surface area contributed by atoms with Gasteiger partial charge in [0.1, 0.15) is 0 Å². The van der Waals surface area contributed by atoms with Gasteiger partial charge in [-0.2, -0.15) is 0 Å². The van der Waals surface area contributed by atoms with Crippen molar-refractivity contribution in [2.75, 3.05) is 26.8 Å². The lowest BCUT2D eigenvalue weighted by Gasteiger charge is -2.38. The summed E-state index contributed by atoms with van der Waals surface area (Å²) in [5, 5.41) is 15.5. The molecule has 2 heterocycles. The predicted octanol–water partition coefficient (Wildman–Crippen LogP) is 6.50. The first kappa shape index (κ1) is 32.9. The van der Waals surface area contributed by atoms with Crippen LogP contribution in [0.1, 0.15) is 59.5 Å². The van der Waals surface area contributed by atoms with Crippen LogP contribution in [0.3, 0.4) is 0 Å². The van der Waals surface area contributed by atoms with Gasteiger partial charge >= 0.3 is 6.03 Å². The number of ether oxygens (including phenoxy) is 3. The number of likely N-dealkylation sites (tertiary alicyclic amines) is 1. The lowest BCUT2D eigenvalue weighted by molar-refractivity contribution is -0.253. The van der Waals surface area contributed by atoms with E-state index in [1.54, 1.807) is 7.11 Å². The SMILES string of the molecule is COCC1CCCN1CC1CC(c2ccc(CO)cc2)OC(c2ccc(-c3ccccc3CNC(=O)NCc3ccccc3)cc2)O1. The van der Waals surface area contributed by atoms with E-state index in [2.05, 4.69) is 58.0 Å². The van der Waals surface area contributed by atoms with Gasteiger partial charge in [-0.3, -0.25) is 4.90 Å². The Labute approximate surface area is 277 Å². The minimum absolute atomic E-state index is 0.00626. The van der Waals surface area contributed by atoms with Crippen LogP contribution in [-0.4, -0.2) is 55.0 Å². The molecule has 2 saturated heterocycles.